The van der Waals surface area contributed by atoms with Gasteiger partial charge in [0.15, 0.2) is 0 Å². The maximum Gasteiger partial charge on any atom is 0.406 e. The number of nitrogens with zero attached hydrogens (tertiary/aromatic N) is 6. The minimum absolute atomic E-state index is 0.237. The van der Waals surface area contributed by atoms with E-state index in [4.69, 9.17) is 0 Å². The van der Waals surface area contributed by atoms with E-state index in [1.54, 1.807) is 0 Å². The highest BCUT2D eigenvalue weighted by Gasteiger charge is 2.31. The lowest BCUT2D eigenvalue weighted by Crippen LogP contribution is -2.34. The molecule has 2 aromatic heterocycles. The Morgan fingerprint density at radius 1 is 1.29 bits per heavy atom. The number of alkyl halides is 3. The molecule has 0 spiro atoms. The van der Waals surface area contributed by atoms with Gasteiger partial charge in [-0.3, -0.25) is 4.90 Å². The highest BCUT2D eigenvalue weighted by Crippen LogP contribution is 2.23. The quantitative estimate of drug-likeness (QED) is 0.837. The van der Waals surface area contributed by atoms with Crippen molar-refractivity contribution >= 4 is 0 Å². The van der Waals surface area contributed by atoms with Crippen molar-refractivity contribution in [1.29, 1.82) is 0 Å². The molecule has 0 bridgehead atoms. The van der Waals surface area contributed by atoms with Crippen LogP contribution < -0.4 is 0 Å². The molecule has 2 aromatic rings. The summed E-state index contributed by atoms with van der Waals surface area (Å²) in [6, 6.07) is 0.237. The first-order valence-corrected chi connectivity index (χ1v) is 8.01. The average Bonchev–Trinajstić information content (AvgIpc) is 3.14. The summed E-state index contributed by atoms with van der Waals surface area (Å²) in [5, 5.41) is 4.38. The molecule has 0 amide bonds. The number of hydrogen-bond donors (Lipinski definition) is 0. The minimum Gasteiger partial charge on any atom is -0.325 e. The summed E-state index contributed by atoms with van der Waals surface area (Å²) in [5.74, 6) is 2.04. The predicted octanol–water partition coefficient (Wildman–Crippen LogP) is 2.32. The summed E-state index contributed by atoms with van der Waals surface area (Å²) < 4.78 is 41.0. The Morgan fingerprint density at radius 3 is 2.75 bits per heavy atom. The normalized spacial score (nSPS) is 19.3. The van der Waals surface area contributed by atoms with Gasteiger partial charge in [0, 0.05) is 18.4 Å². The number of aryl methyl sites for hydroxylation is 2. The first-order chi connectivity index (χ1) is 11.3. The van der Waals surface area contributed by atoms with E-state index in [1.165, 1.54) is 17.0 Å². The fraction of sp³-hybridized carbons (Fsp3) is 0.667. The van der Waals surface area contributed by atoms with E-state index in [-0.39, 0.29) is 6.04 Å². The molecule has 1 saturated heterocycles. The third-order valence-corrected chi connectivity index (χ3v) is 4.34. The summed E-state index contributed by atoms with van der Waals surface area (Å²) in [6.45, 7) is 4.74. The van der Waals surface area contributed by atoms with Crippen LogP contribution in [0.15, 0.2) is 12.4 Å². The number of rotatable bonds is 5. The molecule has 24 heavy (non-hydrogen) atoms. The molecule has 1 fully saturated rings. The Morgan fingerprint density at radius 2 is 2.08 bits per heavy atom. The fourth-order valence-corrected chi connectivity index (χ4v) is 3.25. The Labute approximate surface area is 138 Å². The van der Waals surface area contributed by atoms with Crippen LogP contribution in [0.5, 0.6) is 0 Å². The van der Waals surface area contributed by atoms with E-state index in [2.05, 4.69) is 20.0 Å². The Bertz CT molecular complexity index is 690. The number of likely N-dealkylation sites (tertiary alicyclic amines) is 1. The van der Waals surface area contributed by atoms with E-state index < -0.39 is 12.7 Å². The lowest BCUT2D eigenvalue weighted by molar-refractivity contribution is -0.141. The molecule has 0 aromatic carbocycles. The molecule has 3 heterocycles. The zero-order valence-corrected chi connectivity index (χ0v) is 13.8. The minimum atomic E-state index is -4.24. The molecule has 0 aliphatic carbocycles. The van der Waals surface area contributed by atoms with E-state index in [0.717, 1.165) is 31.0 Å². The third kappa shape index (κ3) is 3.95. The molecule has 3 rings (SSSR count). The zero-order valence-electron chi connectivity index (χ0n) is 13.8. The fourth-order valence-electron chi connectivity index (χ4n) is 3.25. The van der Waals surface area contributed by atoms with Crippen LogP contribution in [0.4, 0.5) is 13.2 Å². The Hall–Kier alpha value is -1.90. The maximum atomic E-state index is 12.6. The van der Waals surface area contributed by atoms with Gasteiger partial charge < -0.3 is 4.57 Å². The molecule has 6 nitrogen and oxygen atoms in total. The van der Waals surface area contributed by atoms with E-state index in [1.807, 2.05) is 18.5 Å². The molecule has 0 radical (unpaired) electrons. The Balaban J connectivity index is 1.68. The Kier molecular flexibility index (Phi) is 4.62. The van der Waals surface area contributed by atoms with Gasteiger partial charge in [0.25, 0.3) is 0 Å². The van der Waals surface area contributed by atoms with E-state index in [0.29, 0.717) is 18.9 Å². The highest BCUT2D eigenvalue weighted by molar-refractivity contribution is 4.96. The van der Waals surface area contributed by atoms with Gasteiger partial charge in [0.2, 0.25) is 0 Å². The summed E-state index contributed by atoms with van der Waals surface area (Å²) in [5.41, 5.74) is 0. The topological polar surface area (TPSA) is 51.8 Å². The van der Waals surface area contributed by atoms with Gasteiger partial charge in [-0.1, -0.05) is 0 Å². The van der Waals surface area contributed by atoms with Crippen molar-refractivity contribution in [3.05, 3.63) is 29.9 Å². The van der Waals surface area contributed by atoms with Crippen molar-refractivity contribution in [3.63, 3.8) is 0 Å². The number of aromatic nitrogens is 5. The molecular weight excluding hydrogens is 321 g/mol. The smallest absolute Gasteiger partial charge is 0.325 e. The van der Waals surface area contributed by atoms with E-state index >= 15 is 0 Å². The van der Waals surface area contributed by atoms with Crippen LogP contribution in [0.2, 0.25) is 0 Å². The number of imidazole rings is 1. The van der Waals surface area contributed by atoms with Crippen molar-refractivity contribution in [1.82, 2.24) is 29.2 Å². The molecule has 9 heteroatoms. The molecule has 132 valence electrons. The van der Waals surface area contributed by atoms with Crippen LogP contribution in [0.25, 0.3) is 0 Å². The van der Waals surface area contributed by atoms with Gasteiger partial charge in [-0.2, -0.15) is 18.3 Å². The molecule has 0 N–H and O–H groups in total. The van der Waals surface area contributed by atoms with Crippen molar-refractivity contribution in [2.24, 2.45) is 0 Å². The van der Waals surface area contributed by atoms with Gasteiger partial charge >= 0.3 is 6.18 Å². The second-order valence-corrected chi connectivity index (χ2v) is 6.24. The largest absolute Gasteiger partial charge is 0.406 e. The summed E-state index contributed by atoms with van der Waals surface area (Å²) in [4.78, 5) is 10.6. The van der Waals surface area contributed by atoms with Crippen LogP contribution in [0, 0.1) is 13.8 Å². The monoisotopic (exact) mass is 342 g/mol. The van der Waals surface area contributed by atoms with Crippen LogP contribution in [-0.4, -0.2) is 48.0 Å². The molecule has 0 unspecified atom stereocenters. The highest BCUT2D eigenvalue weighted by atomic mass is 19.4. The summed E-state index contributed by atoms with van der Waals surface area (Å²) in [6.07, 6.45) is 0.598. The number of halogens is 3. The molecular formula is C15H21F3N6. The van der Waals surface area contributed by atoms with Crippen molar-refractivity contribution < 1.29 is 13.2 Å². The predicted molar refractivity (Wildman–Crippen MR) is 81.2 cm³/mol. The SMILES string of the molecule is Cc1nc(C)n(C[C@@H]2CCCN2Cc2nccn2CC(F)(F)F)n1. The molecule has 1 aliphatic rings. The second-order valence-electron chi connectivity index (χ2n) is 6.24. The number of hydrogen-bond acceptors (Lipinski definition) is 4. The summed E-state index contributed by atoms with van der Waals surface area (Å²) >= 11 is 0. The van der Waals surface area contributed by atoms with Gasteiger partial charge in [0.05, 0.1) is 13.1 Å². The molecule has 1 atom stereocenters. The standard InChI is InChI=1S/C15H21F3N6/c1-11-20-12(2)24(21-11)8-13-4-3-6-22(13)9-14-19-5-7-23(14)10-15(16,17)18/h5,7,13H,3-4,6,8-10H2,1-2H3/t13-/m0/s1. The second kappa shape index (κ2) is 6.54. The van der Waals surface area contributed by atoms with Crippen LogP contribution >= 0.6 is 0 Å². The van der Waals surface area contributed by atoms with Gasteiger partial charge in [-0.25, -0.2) is 14.6 Å². The van der Waals surface area contributed by atoms with Crippen LogP contribution in [0.3, 0.4) is 0 Å². The van der Waals surface area contributed by atoms with E-state index in [9.17, 15) is 13.2 Å². The molecule has 1 aliphatic heterocycles. The summed E-state index contributed by atoms with van der Waals surface area (Å²) in [7, 11) is 0. The maximum absolute atomic E-state index is 12.6. The van der Waals surface area contributed by atoms with Crippen molar-refractivity contribution in [3.8, 4) is 0 Å². The first kappa shape index (κ1) is 16.9. The van der Waals surface area contributed by atoms with Gasteiger partial charge in [-0.05, 0) is 33.2 Å². The average molecular weight is 342 g/mol. The molecule has 0 saturated carbocycles. The lowest BCUT2D eigenvalue weighted by Gasteiger charge is -2.24. The van der Waals surface area contributed by atoms with Gasteiger partial charge in [-0.15, -0.1) is 0 Å². The van der Waals surface area contributed by atoms with Crippen molar-refractivity contribution in [2.45, 2.75) is 58.5 Å². The van der Waals surface area contributed by atoms with Crippen LogP contribution in [-0.2, 0) is 19.6 Å². The van der Waals surface area contributed by atoms with Gasteiger partial charge in [0.1, 0.15) is 24.0 Å². The third-order valence-electron chi connectivity index (χ3n) is 4.34. The van der Waals surface area contributed by atoms with Crippen LogP contribution in [0.1, 0.15) is 30.3 Å². The first-order valence-electron chi connectivity index (χ1n) is 8.01. The lowest BCUT2D eigenvalue weighted by atomic mass is 10.2. The zero-order chi connectivity index (χ0) is 17.3. The van der Waals surface area contributed by atoms with Crippen molar-refractivity contribution in [2.75, 3.05) is 6.54 Å².